The summed E-state index contributed by atoms with van der Waals surface area (Å²) in [7, 11) is 1.59. The standard InChI is InChI=1S/C10H14ClN3O2/c1-6-12-9(11)3-10(13-6)14-4-7(15)8(5-14)16-2/h3,7-8,15H,4-5H2,1-2H3/t7-,8+/m1/s1. The van der Waals surface area contributed by atoms with E-state index in [-0.39, 0.29) is 6.10 Å². The first-order valence-electron chi connectivity index (χ1n) is 5.07. The summed E-state index contributed by atoms with van der Waals surface area (Å²) < 4.78 is 5.17. The molecule has 1 aromatic heterocycles. The number of aromatic nitrogens is 2. The van der Waals surface area contributed by atoms with Crippen LogP contribution in [0.1, 0.15) is 5.82 Å². The van der Waals surface area contributed by atoms with Crippen LogP contribution in [0, 0.1) is 6.92 Å². The first-order chi connectivity index (χ1) is 7.60. The lowest BCUT2D eigenvalue weighted by molar-refractivity contribution is 0.0217. The number of aryl methyl sites for hydroxylation is 1. The summed E-state index contributed by atoms with van der Waals surface area (Å²) in [4.78, 5) is 10.2. The van der Waals surface area contributed by atoms with Crippen LogP contribution >= 0.6 is 11.6 Å². The van der Waals surface area contributed by atoms with Gasteiger partial charge in [0.15, 0.2) is 0 Å². The van der Waals surface area contributed by atoms with E-state index < -0.39 is 6.10 Å². The largest absolute Gasteiger partial charge is 0.388 e. The molecule has 16 heavy (non-hydrogen) atoms. The van der Waals surface area contributed by atoms with Crippen molar-refractivity contribution in [3.8, 4) is 0 Å². The quantitative estimate of drug-likeness (QED) is 0.773. The Balaban J connectivity index is 2.19. The van der Waals surface area contributed by atoms with E-state index in [9.17, 15) is 5.11 Å². The number of rotatable bonds is 2. The number of halogens is 1. The normalized spacial score (nSPS) is 25.1. The fourth-order valence-corrected chi connectivity index (χ4v) is 2.07. The SMILES string of the molecule is CO[C@H]1CN(c2cc(Cl)nc(C)n2)C[C@H]1O. The van der Waals surface area contributed by atoms with Crippen LogP contribution in [0.15, 0.2) is 6.07 Å². The zero-order valence-corrected chi connectivity index (χ0v) is 9.98. The van der Waals surface area contributed by atoms with Gasteiger partial charge in [-0.05, 0) is 6.92 Å². The molecule has 2 atom stereocenters. The Hall–Kier alpha value is -0.910. The summed E-state index contributed by atoms with van der Waals surface area (Å²) in [5, 5.41) is 10.1. The minimum Gasteiger partial charge on any atom is -0.388 e. The third kappa shape index (κ3) is 2.26. The first-order valence-corrected chi connectivity index (χ1v) is 5.45. The minimum atomic E-state index is -0.487. The maximum absolute atomic E-state index is 9.72. The molecule has 1 N–H and O–H groups in total. The fraction of sp³-hybridized carbons (Fsp3) is 0.600. The van der Waals surface area contributed by atoms with Crippen molar-refractivity contribution in [2.24, 2.45) is 0 Å². The molecule has 1 aliphatic rings. The Kier molecular flexibility index (Phi) is 3.28. The molecule has 1 saturated heterocycles. The molecule has 0 radical (unpaired) electrons. The first kappa shape index (κ1) is 11.6. The third-order valence-corrected chi connectivity index (χ3v) is 2.85. The van der Waals surface area contributed by atoms with Crippen LogP contribution in [0.4, 0.5) is 5.82 Å². The molecule has 2 heterocycles. The van der Waals surface area contributed by atoms with Gasteiger partial charge in [0.2, 0.25) is 0 Å². The Bertz CT molecular complexity index is 368. The van der Waals surface area contributed by atoms with Gasteiger partial charge in [-0.2, -0.15) is 0 Å². The molecule has 88 valence electrons. The van der Waals surface area contributed by atoms with Crippen LogP contribution in [0.2, 0.25) is 5.15 Å². The zero-order valence-electron chi connectivity index (χ0n) is 9.22. The third-order valence-electron chi connectivity index (χ3n) is 2.66. The highest BCUT2D eigenvalue weighted by atomic mass is 35.5. The lowest BCUT2D eigenvalue weighted by atomic mass is 10.3. The smallest absolute Gasteiger partial charge is 0.134 e. The zero-order chi connectivity index (χ0) is 11.7. The van der Waals surface area contributed by atoms with E-state index in [0.717, 1.165) is 5.82 Å². The Morgan fingerprint density at radius 2 is 2.25 bits per heavy atom. The highest BCUT2D eigenvalue weighted by Gasteiger charge is 2.32. The van der Waals surface area contributed by atoms with Gasteiger partial charge in [-0.25, -0.2) is 9.97 Å². The summed E-state index contributed by atoms with van der Waals surface area (Å²) in [6, 6.07) is 1.69. The molecule has 1 aliphatic heterocycles. The number of hydrogen-bond donors (Lipinski definition) is 1. The average molecular weight is 244 g/mol. The molecule has 0 aliphatic carbocycles. The molecule has 0 aromatic carbocycles. The second-order valence-corrected chi connectivity index (χ2v) is 4.23. The van der Waals surface area contributed by atoms with Gasteiger partial charge in [0, 0.05) is 26.3 Å². The fourth-order valence-electron chi connectivity index (χ4n) is 1.85. The molecule has 0 spiro atoms. The number of hydrogen-bond acceptors (Lipinski definition) is 5. The molecule has 2 rings (SSSR count). The van der Waals surface area contributed by atoms with E-state index in [1.807, 2.05) is 4.90 Å². The van der Waals surface area contributed by atoms with Gasteiger partial charge in [0.1, 0.15) is 22.9 Å². The molecule has 0 amide bonds. The maximum Gasteiger partial charge on any atom is 0.134 e. The van der Waals surface area contributed by atoms with Crippen molar-refractivity contribution in [2.45, 2.75) is 19.1 Å². The predicted octanol–water partition coefficient (Wildman–Crippen LogP) is 0.634. The van der Waals surface area contributed by atoms with Gasteiger partial charge >= 0.3 is 0 Å². The van der Waals surface area contributed by atoms with E-state index in [1.165, 1.54) is 0 Å². The van der Waals surface area contributed by atoms with E-state index in [2.05, 4.69) is 9.97 Å². The topological polar surface area (TPSA) is 58.5 Å². The van der Waals surface area contributed by atoms with Gasteiger partial charge < -0.3 is 14.7 Å². The highest BCUT2D eigenvalue weighted by Crippen LogP contribution is 2.22. The van der Waals surface area contributed by atoms with Crippen LogP contribution in [-0.2, 0) is 4.74 Å². The molecule has 6 heteroatoms. The Morgan fingerprint density at radius 1 is 1.50 bits per heavy atom. The van der Waals surface area contributed by atoms with Gasteiger partial charge in [0.05, 0.1) is 6.10 Å². The monoisotopic (exact) mass is 243 g/mol. The van der Waals surface area contributed by atoms with Gasteiger partial charge in [-0.1, -0.05) is 11.6 Å². The van der Waals surface area contributed by atoms with Crippen molar-refractivity contribution in [3.05, 3.63) is 17.0 Å². The van der Waals surface area contributed by atoms with Gasteiger partial charge in [-0.3, -0.25) is 0 Å². The molecule has 0 unspecified atom stereocenters. The van der Waals surface area contributed by atoms with Crippen molar-refractivity contribution >= 4 is 17.4 Å². The van der Waals surface area contributed by atoms with Crippen LogP contribution in [0.3, 0.4) is 0 Å². The number of nitrogens with zero attached hydrogens (tertiary/aromatic N) is 3. The van der Waals surface area contributed by atoms with E-state index in [4.69, 9.17) is 16.3 Å². The van der Waals surface area contributed by atoms with E-state index in [0.29, 0.717) is 24.1 Å². The molecular weight excluding hydrogens is 230 g/mol. The van der Waals surface area contributed by atoms with Crippen LogP contribution in [-0.4, -0.2) is 47.5 Å². The van der Waals surface area contributed by atoms with Gasteiger partial charge in [0.25, 0.3) is 0 Å². The average Bonchev–Trinajstić information content (AvgIpc) is 2.58. The number of aliphatic hydroxyl groups excluding tert-OH is 1. The summed E-state index contributed by atoms with van der Waals surface area (Å²) in [6.07, 6.45) is -0.659. The molecule has 0 saturated carbocycles. The van der Waals surface area contributed by atoms with Crippen molar-refractivity contribution < 1.29 is 9.84 Å². The lowest BCUT2D eigenvalue weighted by Gasteiger charge is -2.16. The summed E-state index contributed by atoms with van der Waals surface area (Å²) in [5.74, 6) is 1.36. The molecule has 1 aromatic rings. The number of methoxy groups -OCH3 is 1. The minimum absolute atomic E-state index is 0.172. The van der Waals surface area contributed by atoms with Crippen LogP contribution in [0.5, 0.6) is 0 Å². The number of aliphatic hydroxyl groups is 1. The predicted molar refractivity (Wildman–Crippen MR) is 60.8 cm³/mol. The van der Waals surface area contributed by atoms with E-state index >= 15 is 0 Å². The number of anilines is 1. The maximum atomic E-state index is 9.72. The molecule has 0 bridgehead atoms. The molecule has 5 nitrogen and oxygen atoms in total. The lowest BCUT2D eigenvalue weighted by Crippen LogP contribution is -2.25. The highest BCUT2D eigenvalue weighted by molar-refractivity contribution is 6.29. The van der Waals surface area contributed by atoms with Crippen molar-refractivity contribution in [2.75, 3.05) is 25.1 Å². The van der Waals surface area contributed by atoms with Crippen molar-refractivity contribution in [1.29, 1.82) is 0 Å². The van der Waals surface area contributed by atoms with E-state index in [1.54, 1.807) is 20.1 Å². The Morgan fingerprint density at radius 3 is 2.81 bits per heavy atom. The number of ether oxygens (including phenoxy) is 1. The molecular formula is C10H14ClN3O2. The summed E-state index contributed by atoms with van der Waals surface area (Å²) in [6.45, 7) is 2.91. The summed E-state index contributed by atoms with van der Waals surface area (Å²) >= 11 is 5.86. The van der Waals surface area contributed by atoms with Crippen LogP contribution < -0.4 is 4.90 Å². The Labute approximate surface area is 99.0 Å². The van der Waals surface area contributed by atoms with Crippen molar-refractivity contribution in [1.82, 2.24) is 9.97 Å². The summed E-state index contributed by atoms with van der Waals surface area (Å²) in [5.41, 5.74) is 0. The van der Waals surface area contributed by atoms with Crippen molar-refractivity contribution in [3.63, 3.8) is 0 Å². The van der Waals surface area contributed by atoms with Gasteiger partial charge in [-0.15, -0.1) is 0 Å². The number of β-amino-alcohol motifs (C(OH)–C–C–N with tert-alkyl or cyclic N) is 1. The molecule has 1 fully saturated rings. The second-order valence-electron chi connectivity index (χ2n) is 3.84. The second kappa shape index (κ2) is 4.53. The van der Waals surface area contributed by atoms with Crippen LogP contribution in [0.25, 0.3) is 0 Å².